The van der Waals surface area contributed by atoms with E-state index in [0.29, 0.717) is 10.5 Å². The molecule has 1 aromatic heterocycles. The maximum atomic E-state index is 4.60. The van der Waals surface area contributed by atoms with E-state index < -0.39 is 0 Å². The zero-order valence-corrected chi connectivity index (χ0v) is 11.5. The number of hydrogen-bond acceptors (Lipinski definition) is 5. The second-order valence-electron chi connectivity index (χ2n) is 4.08. The molecule has 1 aliphatic rings. The summed E-state index contributed by atoms with van der Waals surface area (Å²) in [6.07, 6.45) is 5.72. The minimum Gasteiger partial charge on any atom is -0.353 e. The van der Waals surface area contributed by atoms with Crippen LogP contribution in [0.5, 0.6) is 0 Å². The zero-order chi connectivity index (χ0) is 11.5. The summed E-state index contributed by atoms with van der Waals surface area (Å²) in [5, 5.41) is 2.34. The number of rotatable bonds is 2. The van der Waals surface area contributed by atoms with Crippen molar-refractivity contribution in [1.82, 2.24) is 9.97 Å². The second kappa shape index (κ2) is 5.27. The molecule has 1 aliphatic heterocycles. The van der Waals surface area contributed by atoms with Crippen LogP contribution in [0.3, 0.4) is 0 Å². The van der Waals surface area contributed by atoms with Crippen LogP contribution in [0, 0.1) is 0 Å². The predicted molar refractivity (Wildman–Crippen MR) is 72.5 cm³/mol. The van der Waals surface area contributed by atoms with Crippen LogP contribution in [0.25, 0.3) is 0 Å². The van der Waals surface area contributed by atoms with E-state index in [1.54, 1.807) is 11.8 Å². The van der Waals surface area contributed by atoms with Crippen LogP contribution in [-0.2, 0) is 0 Å². The van der Waals surface area contributed by atoms with E-state index in [1.165, 1.54) is 0 Å². The van der Waals surface area contributed by atoms with E-state index in [0.717, 1.165) is 23.9 Å². The first-order valence-electron chi connectivity index (χ1n) is 5.45. The standard InChI is InChI=1S/C11H17N3S2/c1-8-6-14(7-9(2)16-8)10-4-12-5-11(13-10)15-3/h4-5,8-9H,6-7H2,1-3H3/t8-,9-/m0/s1. The Morgan fingerprint density at radius 3 is 2.62 bits per heavy atom. The molecule has 0 spiro atoms. The van der Waals surface area contributed by atoms with Gasteiger partial charge in [-0.3, -0.25) is 4.98 Å². The van der Waals surface area contributed by atoms with Gasteiger partial charge < -0.3 is 4.90 Å². The third-order valence-electron chi connectivity index (χ3n) is 2.55. The molecular formula is C11H17N3S2. The Kier molecular flexibility index (Phi) is 3.97. The van der Waals surface area contributed by atoms with E-state index in [-0.39, 0.29) is 0 Å². The van der Waals surface area contributed by atoms with E-state index in [4.69, 9.17) is 0 Å². The molecule has 2 rings (SSSR count). The normalized spacial score (nSPS) is 25.8. The first-order valence-corrected chi connectivity index (χ1v) is 7.62. The molecule has 0 amide bonds. The average molecular weight is 255 g/mol. The molecule has 88 valence electrons. The summed E-state index contributed by atoms with van der Waals surface area (Å²) in [5.41, 5.74) is 0. The van der Waals surface area contributed by atoms with E-state index >= 15 is 0 Å². The maximum absolute atomic E-state index is 4.60. The van der Waals surface area contributed by atoms with Crippen LogP contribution in [0.2, 0.25) is 0 Å². The molecule has 0 radical (unpaired) electrons. The van der Waals surface area contributed by atoms with Gasteiger partial charge in [-0.15, -0.1) is 11.8 Å². The third-order valence-corrected chi connectivity index (χ3v) is 4.39. The number of thioether (sulfide) groups is 2. The quantitative estimate of drug-likeness (QED) is 0.758. The highest BCUT2D eigenvalue weighted by Gasteiger charge is 2.23. The van der Waals surface area contributed by atoms with Crippen molar-refractivity contribution in [3.05, 3.63) is 12.4 Å². The van der Waals surface area contributed by atoms with E-state index in [9.17, 15) is 0 Å². The van der Waals surface area contributed by atoms with Crippen molar-refractivity contribution in [2.45, 2.75) is 29.4 Å². The highest BCUT2D eigenvalue weighted by atomic mass is 32.2. The second-order valence-corrected chi connectivity index (χ2v) is 6.79. The molecule has 1 saturated heterocycles. The van der Waals surface area contributed by atoms with Crippen molar-refractivity contribution >= 4 is 29.3 Å². The Morgan fingerprint density at radius 1 is 1.31 bits per heavy atom. The Labute approximate surface area is 105 Å². The lowest BCUT2D eigenvalue weighted by Gasteiger charge is -2.35. The molecular weight excluding hydrogens is 238 g/mol. The Balaban J connectivity index is 2.16. The molecule has 0 N–H and O–H groups in total. The van der Waals surface area contributed by atoms with Crippen molar-refractivity contribution in [1.29, 1.82) is 0 Å². The molecule has 0 bridgehead atoms. The fraction of sp³-hybridized carbons (Fsp3) is 0.636. The molecule has 0 aliphatic carbocycles. The van der Waals surface area contributed by atoms with Crippen molar-refractivity contribution in [3.63, 3.8) is 0 Å². The summed E-state index contributed by atoms with van der Waals surface area (Å²) in [5.74, 6) is 1.02. The van der Waals surface area contributed by atoms with Gasteiger partial charge in [-0.05, 0) is 6.26 Å². The maximum Gasteiger partial charge on any atom is 0.148 e. The molecule has 16 heavy (non-hydrogen) atoms. The SMILES string of the molecule is CSc1cncc(N2C[C@H](C)S[C@@H](C)C2)n1. The summed E-state index contributed by atoms with van der Waals surface area (Å²) < 4.78 is 0. The van der Waals surface area contributed by atoms with Gasteiger partial charge in [0.1, 0.15) is 10.8 Å². The van der Waals surface area contributed by atoms with Crippen molar-refractivity contribution < 1.29 is 0 Å². The fourth-order valence-electron chi connectivity index (χ4n) is 1.95. The zero-order valence-electron chi connectivity index (χ0n) is 9.88. The number of nitrogens with zero attached hydrogens (tertiary/aromatic N) is 3. The first kappa shape index (κ1) is 12.0. The molecule has 2 atom stereocenters. The molecule has 1 aromatic rings. The van der Waals surface area contributed by atoms with Crippen LogP contribution in [0.15, 0.2) is 17.4 Å². The fourth-order valence-corrected chi connectivity index (χ4v) is 3.63. The Hall–Kier alpha value is -0.420. The lowest BCUT2D eigenvalue weighted by molar-refractivity contribution is 0.712. The van der Waals surface area contributed by atoms with Gasteiger partial charge in [0.2, 0.25) is 0 Å². The minimum atomic E-state index is 0.670. The van der Waals surface area contributed by atoms with Gasteiger partial charge in [0, 0.05) is 23.6 Å². The average Bonchev–Trinajstić information content (AvgIpc) is 2.28. The van der Waals surface area contributed by atoms with Crippen LogP contribution in [-0.4, -0.2) is 39.8 Å². The molecule has 0 saturated carbocycles. The van der Waals surface area contributed by atoms with Crippen molar-refractivity contribution in [3.8, 4) is 0 Å². The van der Waals surface area contributed by atoms with Gasteiger partial charge in [-0.25, -0.2) is 4.98 Å². The molecule has 0 unspecified atom stereocenters. The van der Waals surface area contributed by atoms with Gasteiger partial charge in [-0.1, -0.05) is 13.8 Å². The lowest BCUT2D eigenvalue weighted by Crippen LogP contribution is -2.40. The van der Waals surface area contributed by atoms with Crippen molar-refractivity contribution in [2.75, 3.05) is 24.2 Å². The smallest absolute Gasteiger partial charge is 0.148 e. The van der Waals surface area contributed by atoms with Gasteiger partial charge in [0.15, 0.2) is 0 Å². The third kappa shape index (κ3) is 2.83. The van der Waals surface area contributed by atoms with Crippen LogP contribution in [0.1, 0.15) is 13.8 Å². The highest BCUT2D eigenvalue weighted by Crippen LogP contribution is 2.27. The summed E-state index contributed by atoms with van der Waals surface area (Å²) >= 11 is 3.70. The van der Waals surface area contributed by atoms with E-state index in [2.05, 4.69) is 40.5 Å². The lowest BCUT2D eigenvalue weighted by atomic mass is 10.3. The topological polar surface area (TPSA) is 29.0 Å². The number of hydrogen-bond donors (Lipinski definition) is 0. The summed E-state index contributed by atoms with van der Waals surface area (Å²) in [6, 6.07) is 0. The van der Waals surface area contributed by atoms with Crippen molar-refractivity contribution in [2.24, 2.45) is 0 Å². The van der Waals surface area contributed by atoms with Crippen LogP contribution < -0.4 is 4.90 Å². The number of aromatic nitrogens is 2. The number of anilines is 1. The summed E-state index contributed by atoms with van der Waals surface area (Å²) in [6.45, 7) is 6.70. The molecule has 3 nitrogen and oxygen atoms in total. The predicted octanol–water partition coefficient (Wildman–Crippen LogP) is 2.53. The molecule has 0 aromatic carbocycles. The largest absolute Gasteiger partial charge is 0.353 e. The minimum absolute atomic E-state index is 0.670. The van der Waals surface area contributed by atoms with Crippen LogP contribution >= 0.6 is 23.5 Å². The molecule has 2 heterocycles. The van der Waals surface area contributed by atoms with E-state index in [1.807, 2.05) is 18.6 Å². The molecule has 1 fully saturated rings. The highest BCUT2D eigenvalue weighted by molar-refractivity contribution is 8.00. The molecule has 5 heteroatoms. The van der Waals surface area contributed by atoms with Gasteiger partial charge in [-0.2, -0.15) is 11.8 Å². The Morgan fingerprint density at radius 2 is 2.00 bits per heavy atom. The van der Waals surface area contributed by atoms with Gasteiger partial charge >= 0.3 is 0 Å². The first-order chi connectivity index (χ1) is 7.69. The van der Waals surface area contributed by atoms with Gasteiger partial charge in [0.25, 0.3) is 0 Å². The Bertz CT molecular complexity index is 349. The summed E-state index contributed by atoms with van der Waals surface area (Å²) in [4.78, 5) is 11.2. The van der Waals surface area contributed by atoms with Gasteiger partial charge in [0.05, 0.1) is 12.4 Å². The summed E-state index contributed by atoms with van der Waals surface area (Å²) in [7, 11) is 0. The monoisotopic (exact) mass is 255 g/mol. The van der Waals surface area contributed by atoms with Crippen LogP contribution in [0.4, 0.5) is 5.82 Å².